The van der Waals surface area contributed by atoms with Crippen molar-refractivity contribution in [2.75, 3.05) is 0 Å². The molecule has 92 valence electrons. The van der Waals surface area contributed by atoms with Crippen molar-refractivity contribution in [3.63, 3.8) is 0 Å². The molecule has 3 heteroatoms. The van der Waals surface area contributed by atoms with E-state index in [4.69, 9.17) is 5.11 Å². The molecule has 1 heterocycles. The third-order valence-corrected chi connectivity index (χ3v) is 2.87. The Hall–Kier alpha value is -2.16. The van der Waals surface area contributed by atoms with Crippen LogP contribution < -0.4 is 0 Å². The number of fused-ring (bicyclic) bond motifs is 1. The first-order valence-corrected chi connectivity index (χ1v) is 5.87. The van der Waals surface area contributed by atoms with Crippen LogP contribution in [0.15, 0.2) is 36.5 Å². The molecule has 0 aliphatic carbocycles. The Morgan fingerprint density at radius 1 is 1.33 bits per heavy atom. The average molecular weight is 241 g/mol. The maximum atomic E-state index is 10.6. The minimum Gasteiger partial charge on any atom is -0.478 e. The Morgan fingerprint density at radius 2 is 2.11 bits per heavy atom. The third kappa shape index (κ3) is 2.56. The van der Waals surface area contributed by atoms with Crippen LogP contribution in [0.3, 0.4) is 0 Å². The van der Waals surface area contributed by atoms with Gasteiger partial charge in [-0.15, -0.1) is 0 Å². The molecule has 0 unspecified atom stereocenters. The predicted molar refractivity (Wildman–Crippen MR) is 72.5 cm³/mol. The second kappa shape index (κ2) is 5.00. The fraction of sp³-hybridized carbons (Fsp3) is 0.200. The van der Waals surface area contributed by atoms with Gasteiger partial charge in [-0.1, -0.05) is 26.0 Å². The van der Waals surface area contributed by atoms with Crippen molar-refractivity contribution in [1.29, 1.82) is 0 Å². The number of carboxylic acids is 1. The zero-order valence-electron chi connectivity index (χ0n) is 10.4. The Morgan fingerprint density at radius 3 is 2.78 bits per heavy atom. The standard InChI is InChI=1S/C15H15NO2/c1-10(2)12-4-3-11-7-8-16-14(13(11)9-12)5-6-15(17)18/h3-10H,1-2H3,(H,17,18)/b6-5+. The molecule has 1 N–H and O–H groups in total. The summed E-state index contributed by atoms with van der Waals surface area (Å²) in [5, 5.41) is 10.7. The average Bonchev–Trinajstić information content (AvgIpc) is 2.35. The first-order valence-electron chi connectivity index (χ1n) is 5.87. The lowest BCUT2D eigenvalue weighted by Gasteiger charge is -2.08. The zero-order chi connectivity index (χ0) is 13.1. The Labute approximate surface area is 106 Å². The van der Waals surface area contributed by atoms with Crippen molar-refractivity contribution in [1.82, 2.24) is 4.98 Å². The van der Waals surface area contributed by atoms with Crippen molar-refractivity contribution in [3.8, 4) is 0 Å². The lowest BCUT2D eigenvalue weighted by atomic mass is 9.99. The van der Waals surface area contributed by atoms with E-state index in [0.717, 1.165) is 16.8 Å². The predicted octanol–water partition coefficient (Wildman–Crippen LogP) is 3.46. The van der Waals surface area contributed by atoms with E-state index in [0.29, 0.717) is 11.6 Å². The van der Waals surface area contributed by atoms with Crippen LogP contribution in [0.1, 0.15) is 31.0 Å². The summed E-state index contributed by atoms with van der Waals surface area (Å²) in [4.78, 5) is 14.8. The van der Waals surface area contributed by atoms with Crippen LogP contribution in [0.4, 0.5) is 0 Å². The van der Waals surface area contributed by atoms with Gasteiger partial charge in [-0.05, 0) is 35.1 Å². The largest absolute Gasteiger partial charge is 0.478 e. The summed E-state index contributed by atoms with van der Waals surface area (Å²) in [6, 6.07) is 8.15. The summed E-state index contributed by atoms with van der Waals surface area (Å²) in [7, 11) is 0. The fourth-order valence-corrected chi connectivity index (χ4v) is 1.85. The topological polar surface area (TPSA) is 50.2 Å². The van der Waals surface area contributed by atoms with Gasteiger partial charge in [0.25, 0.3) is 0 Å². The first kappa shape index (κ1) is 12.3. The van der Waals surface area contributed by atoms with Crippen molar-refractivity contribution < 1.29 is 9.90 Å². The van der Waals surface area contributed by atoms with Crippen LogP contribution >= 0.6 is 0 Å². The first-order chi connectivity index (χ1) is 8.58. The quantitative estimate of drug-likeness (QED) is 0.837. The van der Waals surface area contributed by atoms with E-state index in [1.165, 1.54) is 11.6 Å². The molecule has 0 bridgehead atoms. The smallest absolute Gasteiger partial charge is 0.328 e. The second-order valence-electron chi connectivity index (χ2n) is 4.50. The molecule has 1 aromatic carbocycles. The SMILES string of the molecule is CC(C)c1ccc2ccnc(/C=C/C(=O)O)c2c1. The summed E-state index contributed by atoms with van der Waals surface area (Å²) in [5.74, 6) is -0.528. The monoisotopic (exact) mass is 241 g/mol. The van der Waals surface area contributed by atoms with Gasteiger partial charge in [0.05, 0.1) is 5.69 Å². The Bertz CT molecular complexity index is 615. The number of nitrogens with zero attached hydrogens (tertiary/aromatic N) is 1. The summed E-state index contributed by atoms with van der Waals surface area (Å²) >= 11 is 0. The van der Waals surface area contributed by atoms with Gasteiger partial charge < -0.3 is 5.11 Å². The number of carbonyl (C=O) groups is 1. The number of carboxylic acid groups (broad SMARTS) is 1. The summed E-state index contributed by atoms with van der Waals surface area (Å²) < 4.78 is 0. The number of hydrogen-bond acceptors (Lipinski definition) is 2. The molecule has 0 aliphatic rings. The summed E-state index contributed by atoms with van der Waals surface area (Å²) in [5.41, 5.74) is 1.91. The Kier molecular flexibility index (Phi) is 3.42. The van der Waals surface area contributed by atoms with Crippen LogP contribution in [0.2, 0.25) is 0 Å². The van der Waals surface area contributed by atoms with Gasteiger partial charge in [0.1, 0.15) is 0 Å². The lowest BCUT2D eigenvalue weighted by molar-refractivity contribution is -0.131. The minimum atomic E-state index is -0.964. The summed E-state index contributed by atoms with van der Waals surface area (Å²) in [6.07, 6.45) is 4.34. The van der Waals surface area contributed by atoms with E-state index < -0.39 is 5.97 Å². The van der Waals surface area contributed by atoms with Gasteiger partial charge in [-0.25, -0.2) is 4.79 Å². The zero-order valence-corrected chi connectivity index (χ0v) is 10.4. The maximum Gasteiger partial charge on any atom is 0.328 e. The van der Waals surface area contributed by atoms with E-state index in [1.54, 1.807) is 6.20 Å². The van der Waals surface area contributed by atoms with E-state index in [9.17, 15) is 4.79 Å². The van der Waals surface area contributed by atoms with Crippen molar-refractivity contribution in [3.05, 3.63) is 47.8 Å². The van der Waals surface area contributed by atoms with Crippen molar-refractivity contribution in [2.45, 2.75) is 19.8 Å². The molecule has 0 amide bonds. The van der Waals surface area contributed by atoms with Gasteiger partial charge in [0.2, 0.25) is 0 Å². The molecule has 2 aromatic rings. The molecule has 2 rings (SSSR count). The lowest BCUT2D eigenvalue weighted by Crippen LogP contribution is -1.91. The highest BCUT2D eigenvalue weighted by atomic mass is 16.4. The number of rotatable bonds is 3. The molecule has 0 radical (unpaired) electrons. The number of aliphatic carboxylic acids is 1. The molecule has 0 saturated carbocycles. The van der Waals surface area contributed by atoms with E-state index in [2.05, 4.69) is 31.0 Å². The van der Waals surface area contributed by atoms with Crippen LogP contribution in [0, 0.1) is 0 Å². The van der Waals surface area contributed by atoms with Crippen LogP contribution in [0.25, 0.3) is 16.8 Å². The minimum absolute atomic E-state index is 0.436. The highest BCUT2D eigenvalue weighted by molar-refractivity contribution is 5.93. The van der Waals surface area contributed by atoms with Gasteiger partial charge in [-0.2, -0.15) is 0 Å². The number of hydrogen-bond donors (Lipinski definition) is 1. The molecule has 0 fully saturated rings. The number of benzene rings is 1. The van der Waals surface area contributed by atoms with E-state index >= 15 is 0 Å². The van der Waals surface area contributed by atoms with Crippen LogP contribution in [0.5, 0.6) is 0 Å². The van der Waals surface area contributed by atoms with Crippen molar-refractivity contribution >= 4 is 22.8 Å². The van der Waals surface area contributed by atoms with Gasteiger partial charge in [0, 0.05) is 17.7 Å². The highest BCUT2D eigenvalue weighted by Crippen LogP contribution is 2.23. The molecule has 0 saturated heterocycles. The molecule has 0 spiro atoms. The molecule has 18 heavy (non-hydrogen) atoms. The number of aromatic nitrogens is 1. The van der Waals surface area contributed by atoms with E-state index in [-0.39, 0.29) is 0 Å². The molecule has 3 nitrogen and oxygen atoms in total. The van der Waals surface area contributed by atoms with Gasteiger partial charge in [-0.3, -0.25) is 4.98 Å². The summed E-state index contributed by atoms with van der Waals surface area (Å²) in [6.45, 7) is 4.26. The van der Waals surface area contributed by atoms with E-state index in [1.807, 2.05) is 12.1 Å². The van der Waals surface area contributed by atoms with Gasteiger partial charge in [0.15, 0.2) is 0 Å². The molecular weight excluding hydrogens is 226 g/mol. The molecule has 0 atom stereocenters. The normalized spacial score (nSPS) is 11.5. The highest BCUT2D eigenvalue weighted by Gasteiger charge is 2.04. The third-order valence-electron chi connectivity index (χ3n) is 2.87. The second-order valence-corrected chi connectivity index (χ2v) is 4.50. The maximum absolute atomic E-state index is 10.6. The molecule has 0 aliphatic heterocycles. The Balaban J connectivity index is 2.58. The van der Waals surface area contributed by atoms with Crippen molar-refractivity contribution in [2.24, 2.45) is 0 Å². The molecular formula is C15H15NO2. The fourth-order valence-electron chi connectivity index (χ4n) is 1.85. The molecule has 1 aromatic heterocycles. The van der Waals surface area contributed by atoms with Crippen LogP contribution in [-0.2, 0) is 4.79 Å². The van der Waals surface area contributed by atoms with Crippen LogP contribution in [-0.4, -0.2) is 16.1 Å². The van der Waals surface area contributed by atoms with Gasteiger partial charge >= 0.3 is 5.97 Å². The number of pyridine rings is 1.